The van der Waals surface area contributed by atoms with Crippen LogP contribution in [-0.4, -0.2) is 27.4 Å². The maximum Gasteiger partial charge on any atom is 0.329 e. The minimum absolute atomic E-state index is 0.150. The van der Waals surface area contributed by atoms with Crippen LogP contribution in [0.1, 0.15) is 43.9 Å². The molecule has 1 saturated heterocycles. The molecule has 1 atom stereocenters. The lowest BCUT2D eigenvalue weighted by atomic mass is 10.0. The van der Waals surface area contributed by atoms with Gasteiger partial charge < -0.3 is 14.8 Å². The molecular weight excluding hydrogens is 360 g/mol. The minimum Gasteiger partial charge on any atom is -0.424 e. The van der Waals surface area contributed by atoms with Crippen molar-refractivity contribution in [2.75, 3.05) is 4.90 Å². The fraction of sp³-hybridized carbons (Fsp3) is 0.400. The maximum absolute atomic E-state index is 12.4. The van der Waals surface area contributed by atoms with Crippen LogP contribution in [0, 0.1) is 5.92 Å². The van der Waals surface area contributed by atoms with Gasteiger partial charge in [-0.1, -0.05) is 6.07 Å². The molecule has 1 N–H and O–H groups in total. The summed E-state index contributed by atoms with van der Waals surface area (Å²) in [7, 11) is 0. The molecule has 1 aliphatic carbocycles. The van der Waals surface area contributed by atoms with Crippen LogP contribution in [0.25, 0.3) is 0 Å². The molecule has 1 saturated carbocycles. The number of fused-ring (bicyclic) bond motifs is 1. The number of hydrogen-bond acceptors (Lipinski definition) is 6. The Morgan fingerprint density at radius 1 is 1.21 bits per heavy atom. The standard InChI is InChI=1S/C20H20N4O4/c1-20(2)17(25)24(19(26)23-20)13-8-21-18(22-9-13)28-14-6-5-12-10-27-16(11-3-4-11)15(12)7-14/h5-9,11,16H,3-4,10H2,1-2H3,(H,23,26)/t16-/m1/s1. The molecule has 0 spiro atoms. The van der Waals surface area contributed by atoms with Crippen molar-refractivity contribution in [2.24, 2.45) is 5.92 Å². The summed E-state index contributed by atoms with van der Waals surface area (Å²) in [5.41, 5.74) is 1.73. The second-order valence-electron chi connectivity index (χ2n) is 7.95. The van der Waals surface area contributed by atoms with E-state index in [-0.39, 0.29) is 18.0 Å². The fourth-order valence-electron chi connectivity index (χ4n) is 3.66. The number of hydrogen-bond donors (Lipinski definition) is 1. The number of nitrogens with zero attached hydrogens (tertiary/aromatic N) is 3. The van der Waals surface area contributed by atoms with Gasteiger partial charge in [0.2, 0.25) is 0 Å². The van der Waals surface area contributed by atoms with Crippen molar-refractivity contribution in [1.82, 2.24) is 15.3 Å². The molecule has 3 amide bonds. The van der Waals surface area contributed by atoms with Gasteiger partial charge in [0.05, 0.1) is 30.8 Å². The van der Waals surface area contributed by atoms with E-state index in [0.29, 0.717) is 24.0 Å². The quantitative estimate of drug-likeness (QED) is 0.820. The Kier molecular flexibility index (Phi) is 3.67. The number of aromatic nitrogens is 2. The highest BCUT2D eigenvalue weighted by molar-refractivity contribution is 6.22. The van der Waals surface area contributed by atoms with E-state index in [1.807, 2.05) is 18.2 Å². The molecule has 1 aromatic carbocycles. The Hall–Kier alpha value is -3.00. The van der Waals surface area contributed by atoms with Crippen LogP contribution in [0.15, 0.2) is 30.6 Å². The Bertz CT molecular complexity index is 969. The number of urea groups is 1. The van der Waals surface area contributed by atoms with Crippen molar-refractivity contribution in [3.8, 4) is 11.8 Å². The summed E-state index contributed by atoms with van der Waals surface area (Å²) in [5, 5.41) is 2.63. The first-order valence-corrected chi connectivity index (χ1v) is 9.33. The molecule has 5 rings (SSSR count). The van der Waals surface area contributed by atoms with E-state index in [2.05, 4.69) is 15.3 Å². The van der Waals surface area contributed by atoms with Crippen molar-refractivity contribution in [3.63, 3.8) is 0 Å². The van der Waals surface area contributed by atoms with Gasteiger partial charge in [-0.25, -0.2) is 19.7 Å². The van der Waals surface area contributed by atoms with Gasteiger partial charge >= 0.3 is 12.0 Å². The normalized spacial score (nSPS) is 22.9. The molecule has 0 radical (unpaired) electrons. The molecule has 8 nitrogen and oxygen atoms in total. The third kappa shape index (κ3) is 2.80. The van der Waals surface area contributed by atoms with Gasteiger partial charge in [-0.15, -0.1) is 0 Å². The zero-order chi connectivity index (χ0) is 19.5. The Labute approximate surface area is 161 Å². The van der Waals surface area contributed by atoms with Gasteiger partial charge in [0.1, 0.15) is 11.3 Å². The number of benzene rings is 1. The molecule has 0 bridgehead atoms. The third-order valence-corrected chi connectivity index (χ3v) is 5.33. The number of anilines is 1. The summed E-state index contributed by atoms with van der Waals surface area (Å²) < 4.78 is 11.7. The van der Waals surface area contributed by atoms with Crippen LogP contribution in [0.2, 0.25) is 0 Å². The molecule has 0 unspecified atom stereocenters. The number of amides is 3. The number of imide groups is 1. The smallest absolute Gasteiger partial charge is 0.329 e. The fourth-order valence-corrected chi connectivity index (χ4v) is 3.66. The van der Waals surface area contributed by atoms with E-state index in [4.69, 9.17) is 9.47 Å². The van der Waals surface area contributed by atoms with E-state index >= 15 is 0 Å². The average molecular weight is 380 g/mol. The summed E-state index contributed by atoms with van der Waals surface area (Å²) >= 11 is 0. The summed E-state index contributed by atoms with van der Waals surface area (Å²) in [6, 6.07) is 5.53. The van der Waals surface area contributed by atoms with Crippen LogP contribution in [0.3, 0.4) is 0 Å². The molecule has 2 aliphatic heterocycles. The summed E-state index contributed by atoms with van der Waals surface area (Å²) in [4.78, 5) is 33.8. The highest BCUT2D eigenvalue weighted by Crippen LogP contribution is 2.48. The van der Waals surface area contributed by atoms with Crippen LogP contribution in [-0.2, 0) is 16.1 Å². The molecule has 144 valence electrons. The maximum atomic E-state index is 12.4. The molecule has 8 heteroatoms. The van der Waals surface area contributed by atoms with Crippen LogP contribution in [0.5, 0.6) is 11.8 Å². The van der Waals surface area contributed by atoms with Crippen LogP contribution >= 0.6 is 0 Å². The number of ether oxygens (including phenoxy) is 2. The van der Waals surface area contributed by atoms with E-state index in [9.17, 15) is 9.59 Å². The lowest BCUT2D eigenvalue weighted by molar-refractivity contribution is -0.121. The van der Waals surface area contributed by atoms with Crippen molar-refractivity contribution in [3.05, 3.63) is 41.7 Å². The number of carbonyl (C=O) groups is 2. The monoisotopic (exact) mass is 380 g/mol. The largest absolute Gasteiger partial charge is 0.424 e. The minimum atomic E-state index is -0.948. The summed E-state index contributed by atoms with van der Waals surface area (Å²) in [5.74, 6) is 0.902. The van der Waals surface area contributed by atoms with Gasteiger partial charge in [-0.3, -0.25) is 4.79 Å². The van der Waals surface area contributed by atoms with Gasteiger partial charge in [0.25, 0.3) is 5.91 Å². The highest BCUT2D eigenvalue weighted by atomic mass is 16.5. The van der Waals surface area contributed by atoms with E-state index in [0.717, 1.165) is 4.90 Å². The van der Waals surface area contributed by atoms with Gasteiger partial charge in [0, 0.05) is 0 Å². The van der Waals surface area contributed by atoms with Gasteiger partial charge in [0.15, 0.2) is 0 Å². The van der Waals surface area contributed by atoms with Crippen molar-refractivity contribution in [2.45, 2.75) is 44.9 Å². The SMILES string of the molecule is CC1(C)NC(=O)N(c2cnc(Oc3ccc4c(c3)[C@@H](C3CC3)OC4)nc2)C1=O. The second kappa shape index (κ2) is 6.00. The Balaban J connectivity index is 1.34. The molecule has 28 heavy (non-hydrogen) atoms. The number of rotatable bonds is 4. The number of carbonyl (C=O) groups excluding carboxylic acids is 2. The van der Waals surface area contributed by atoms with Crippen LogP contribution < -0.4 is 15.0 Å². The van der Waals surface area contributed by atoms with Crippen molar-refractivity contribution >= 4 is 17.6 Å². The zero-order valence-corrected chi connectivity index (χ0v) is 15.6. The Morgan fingerprint density at radius 2 is 1.96 bits per heavy atom. The van der Waals surface area contributed by atoms with Gasteiger partial charge in [-0.2, -0.15) is 0 Å². The molecule has 3 heterocycles. The predicted octanol–water partition coefficient (Wildman–Crippen LogP) is 3.09. The first-order valence-electron chi connectivity index (χ1n) is 9.33. The second-order valence-corrected chi connectivity index (χ2v) is 7.95. The van der Waals surface area contributed by atoms with Crippen molar-refractivity contribution in [1.29, 1.82) is 0 Å². The van der Waals surface area contributed by atoms with E-state index in [1.54, 1.807) is 13.8 Å². The first-order chi connectivity index (χ1) is 13.4. The lowest BCUT2D eigenvalue weighted by Crippen LogP contribution is -2.40. The molecule has 2 aromatic rings. The molecule has 3 aliphatic rings. The first kappa shape index (κ1) is 17.1. The van der Waals surface area contributed by atoms with Crippen LogP contribution in [0.4, 0.5) is 10.5 Å². The van der Waals surface area contributed by atoms with Gasteiger partial charge in [-0.05, 0) is 55.9 Å². The third-order valence-electron chi connectivity index (χ3n) is 5.33. The average Bonchev–Trinajstić information content (AvgIpc) is 3.37. The number of nitrogens with one attached hydrogen (secondary N) is 1. The molecule has 1 aromatic heterocycles. The lowest BCUT2D eigenvalue weighted by Gasteiger charge is -2.15. The Morgan fingerprint density at radius 3 is 2.61 bits per heavy atom. The summed E-state index contributed by atoms with van der Waals surface area (Å²) in [6.45, 7) is 3.94. The highest BCUT2D eigenvalue weighted by Gasteiger charge is 2.45. The topological polar surface area (TPSA) is 93.7 Å². The molecule has 2 fully saturated rings. The van der Waals surface area contributed by atoms with E-state index in [1.165, 1.54) is 36.4 Å². The zero-order valence-electron chi connectivity index (χ0n) is 15.6. The van der Waals surface area contributed by atoms with Crippen molar-refractivity contribution < 1.29 is 19.1 Å². The summed E-state index contributed by atoms with van der Waals surface area (Å²) in [6.07, 6.45) is 5.39. The van der Waals surface area contributed by atoms with E-state index < -0.39 is 11.6 Å². The molecular formula is C20H20N4O4. The predicted molar refractivity (Wildman–Crippen MR) is 98.9 cm³/mol.